The molecule has 0 spiro atoms. The molecule has 2 amide bonds. The molecule has 0 radical (unpaired) electrons. The van der Waals surface area contributed by atoms with Gasteiger partial charge in [0, 0.05) is 11.4 Å². The van der Waals surface area contributed by atoms with E-state index >= 15 is 0 Å². The summed E-state index contributed by atoms with van der Waals surface area (Å²) in [5, 5.41) is 5.62. The number of carbonyl (C=O) groups is 2. The van der Waals surface area contributed by atoms with E-state index in [1.165, 1.54) is 18.9 Å². The van der Waals surface area contributed by atoms with Crippen LogP contribution in [0.15, 0.2) is 42.5 Å². The van der Waals surface area contributed by atoms with Crippen molar-refractivity contribution in [1.29, 1.82) is 0 Å². The first-order valence-corrected chi connectivity index (χ1v) is 9.44. The fraction of sp³-hybridized carbons (Fsp3) is 0.263. The van der Waals surface area contributed by atoms with E-state index in [-0.39, 0.29) is 22.8 Å². The molecule has 2 aromatic carbocycles. The maximum Gasteiger partial charge on any atom is 0.237 e. The molecule has 26 heavy (non-hydrogen) atoms. The Kier molecular flexibility index (Phi) is 7.36. The van der Waals surface area contributed by atoms with Gasteiger partial charge in [0.25, 0.3) is 0 Å². The first-order chi connectivity index (χ1) is 12.4. The molecular weight excluding hydrogens is 372 g/mol. The number of hydrogen-bond acceptors (Lipinski definition) is 4. The number of amides is 2. The summed E-state index contributed by atoms with van der Waals surface area (Å²) in [5.41, 5.74) is 2.45. The maximum absolute atomic E-state index is 12.2. The Balaban J connectivity index is 1.82. The van der Waals surface area contributed by atoms with E-state index in [0.717, 1.165) is 11.3 Å². The number of benzene rings is 2. The lowest BCUT2D eigenvalue weighted by molar-refractivity contribution is -0.115. The van der Waals surface area contributed by atoms with E-state index in [2.05, 4.69) is 10.6 Å². The zero-order chi connectivity index (χ0) is 19.1. The third-order valence-corrected chi connectivity index (χ3v) is 5.03. The third kappa shape index (κ3) is 5.97. The Morgan fingerprint density at radius 2 is 1.77 bits per heavy atom. The highest BCUT2D eigenvalue weighted by atomic mass is 35.5. The third-order valence-electron chi connectivity index (χ3n) is 3.59. The highest BCUT2D eigenvalue weighted by molar-refractivity contribution is 8.01. The van der Waals surface area contributed by atoms with Crippen LogP contribution < -0.4 is 15.4 Å². The molecule has 2 aromatic rings. The number of aryl methyl sites for hydroxylation is 1. The van der Waals surface area contributed by atoms with Gasteiger partial charge in [-0.05, 0) is 44.2 Å². The number of carbonyl (C=O) groups excluding carboxylic acids is 2. The van der Waals surface area contributed by atoms with Gasteiger partial charge < -0.3 is 15.4 Å². The van der Waals surface area contributed by atoms with E-state index in [0.29, 0.717) is 16.5 Å². The van der Waals surface area contributed by atoms with Crippen molar-refractivity contribution >= 4 is 46.6 Å². The van der Waals surface area contributed by atoms with Gasteiger partial charge in [0.15, 0.2) is 0 Å². The summed E-state index contributed by atoms with van der Waals surface area (Å²) in [6, 6.07) is 12.6. The number of thioether (sulfide) groups is 1. The van der Waals surface area contributed by atoms with Crippen LogP contribution in [0.1, 0.15) is 12.5 Å². The van der Waals surface area contributed by atoms with Gasteiger partial charge in [0.1, 0.15) is 5.75 Å². The van der Waals surface area contributed by atoms with Crippen LogP contribution in [0.4, 0.5) is 11.4 Å². The van der Waals surface area contributed by atoms with Gasteiger partial charge in [-0.3, -0.25) is 9.59 Å². The fourth-order valence-corrected chi connectivity index (χ4v) is 3.04. The van der Waals surface area contributed by atoms with Crippen LogP contribution >= 0.6 is 23.4 Å². The number of halogens is 1. The summed E-state index contributed by atoms with van der Waals surface area (Å²) in [6.45, 7) is 3.74. The molecular formula is C19H21ClN2O3S. The van der Waals surface area contributed by atoms with Crippen molar-refractivity contribution in [3.63, 3.8) is 0 Å². The zero-order valence-corrected chi connectivity index (χ0v) is 16.4. The first kappa shape index (κ1) is 20.1. The van der Waals surface area contributed by atoms with Crippen LogP contribution in [0.25, 0.3) is 0 Å². The van der Waals surface area contributed by atoms with E-state index < -0.39 is 0 Å². The molecule has 0 saturated carbocycles. The van der Waals surface area contributed by atoms with Crippen molar-refractivity contribution in [2.24, 2.45) is 0 Å². The minimum Gasteiger partial charge on any atom is -0.495 e. The Hall–Kier alpha value is -2.18. The predicted molar refractivity (Wildman–Crippen MR) is 108 cm³/mol. The summed E-state index contributed by atoms with van der Waals surface area (Å²) >= 11 is 7.31. The van der Waals surface area contributed by atoms with Crippen molar-refractivity contribution in [3.8, 4) is 5.75 Å². The second kappa shape index (κ2) is 9.50. The molecule has 0 saturated heterocycles. The lowest BCUT2D eigenvalue weighted by atomic mass is 10.2. The number of anilines is 2. The van der Waals surface area contributed by atoms with Crippen LogP contribution in [0.3, 0.4) is 0 Å². The molecule has 138 valence electrons. The molecule has 5 nitrogen and oxygen atoms in total. The molecule has 0 aliphatic rings. The van der Waals surface area contributed by atoms with Crippen molar-refractivity contribution in [2.75, 3.05) is 23.5 Å². The van der Waals surface area contributed by atoms with Crippen molar-refractivity contribution in [2.45, 2.75) is 19.1 Å². The second-order valence-electron chi connectivity index (χ2n) is 5.71. The van der Waals surface area contributed by atoms with Gasteiger partial charge in [-0.25, -0.2) is 0 Å². The van der Waals surface area contributed by atoms with Gasteiger partial charge in [0.05, 0.1) is 23.1 Å². The smallest absolute Gasteiger partial charge is 0.237 e. The molecule has 1 unspecified atom stereocenters. The molecule has 1 atom stereocenters. The molecule has 0 aromatic heterocycles. The predicted octanol–water partition coefficient (Wildman–Crippen LogP) is 4.36. The maximum atomic E-state index is 12.2. The summed E-state index contributed by atoms with van der Waals surface area (Å²) in [7, 11) is 1.53. The number of rotatable bonds is 7. The first-order valence-electron chi connectivity index (χ1n) is 8.01. The minimum atomic E-state index is -0.389. The highest BCUT2D eigenvalue weighted by Gasteiger charge is 2.16. The number of hydrogen-bond donors (Lipinski definition) is 2. The van der Waals surface area contributed by atoms with E-state index in [4.69, 9.17) is 16.3 Å². The Morgan fingerprint density at radius 3 is 2.38 bits per heavy atom. The highest BCUT2D eigenvalue weighted by Crippen LogP contribution is 2.27. The summed E-state index contributed by atoms with van der Waals surface area (Å²) in [5.74, 6) is 0.386. The monoisotopic (exact) mass is 392 g/mol. The van der Waals surface area contributed by atoms with Gasteiger partial charge >= 0.3 is 0 Å². The van der Waals surface area contributed by atoms with Gasteiger partial charge in [-0.15, -0.1) is 11.8 Å². The summed E-state index contributed by atoms with van der Waals surface area (Å²) in [6.07, 6.45) is 0. The van der Waals surface area contributed by atoms with Crippen LogP contribution in [-0.4, -0.2) is 29.9 Å². The van der Waals surface area contributed by atoms with Crippen LogP contribution in [0, 0.1) is 6.92 Å². The van der Waals surface area contributed by atoms with Crippen molar-refractivity contribution in [3.05, 3.63) is 53.1 Å². The summed E-state index contributed by atoms with van der Waals surface area (Å²) in [4.78, 5) is 24.3. The second-order valence-corrected chi connectivity index (χ2v) is 7.44. The fourth-order valence-electron chi connectivity index (χ4n) is 2.10. The molecule has 7 heteroatoms. The van der Waals surface area contributed by atoms with E-state index in [1.807, 2.05) is 31.2 Å². The van der Waals surface area contributed by atoms with Crippen LogP contribution in [0.5, 0.6) is 5.75 Å². The topological polar surface area (TPSA) is 67.4 Å². The van der Waals surface area contributed by atoms with E-state index in [9.17, 15) is 9.59 Å². The molecule has 0 bridgehead atoms. The Bertz CT molecular complexity index is 781. The Labute approximate surface area is 162 Å². The van der Waals surface area contributed by atoms with Crippen molar-refractivity contribution < 1.29 is 14.3 Å². The molecule has 0 aliphatic carbocycles. The largest absolute Gasteiger partial charge is 0.495 e. The lowest BCUT2D eigenvalue weighted by Gasteiger charge is -2.13. The van der Waals surface area contributed by atoms with E-state index in [1.54, 1.807) is 25.1 Å². The van der Waals surface area contributed by atoms with Gasteiger partial charge in [-0.2, -0.15) is 0 Å². The van der Waals surface area contributed by atoms with Gasteiger partial charge in [0.2, 0.25) is 11.8 Å². The SMILES string of the molecule is COc1ccc(NC(=O)C(C)SCC(=O)Nc2ccc(C)cc2)cc1Cl. The standard InChI is InChI=1S/C19H21ClN2O3S/c1-12-4-6-14(7-5-12)21-18(23)11-26-13(2)19(24)22-15-8-9-17(25-3)16(20)10-15/h4-10,13H,11H2,1-3H3,(H,21,23)(H,22,24). The average Bonchev–Trinajstić information content (AvgIpc) is 2.61. The zero-order valence-electron chi connectivity index (χ0n) is 14.8. The molecule has 0 aliphatic heterocycles. The number of nitrogens with one attached hydrogen (secondary N) is 2. The van der Waals surface area contributed by atoms with Crippen molar-refractivity contribution in [1.82, 2.24) is 0 Å². The molecule has 2 N–H and O–H groups in total. The lowest BCUT2D eigenvalue weighted by Crippen LogP contribution is -2.25. The Morgan fingerprint density at radius 1 is 1.12 bits per heavy atom. The van der Waals surface area contributed by atoms with Gasteiger partial charge in [-0.1, -0.05) is 29.3 Å². The average molecular weight is 393 g/mol. The molecule has 0 heterocycles. The quantitative estimate of drug-likeness (QED) is 0.734. The number of ether oxygens (including phenoxy) is 1. The van der Waals surface area contributed by atoms with Crippen LogP contribution in [-0.2, 0) is 9.59 Å². The number of methoxy groups -OCH3 is 1. The minimum absolute atomic E-state index is 0.147. The molecule has 0 fully saturated rings. The summed E-state index contributed by atoms with van der Waals surface area (Å²) < 4.78 is 5.08. The molecule has 2 rings (SSSR count). The van der Waals surface area contributed by atoms with Crippen LogP contribution in [0.2, 0.25) is 5.02 Å². The normalized spacial score (nSPS) is 11.5.